The molecule has 1 saturated carbocycles. The third kappa shape index (κ3) is 2.36. The Morgan fingerprint density at radius 1 is 1.29 bits per heavy atom. The van der Waals surface area contributed by atoms with E-state index in [1.54, 1.807) is 6.07 Å². The van der Waals surface area contributed by atoms with Gasteiger partial charge in [-0.15, -0.1) is 0 Å². The molecule has 1 heterocycles. The van der Waals surface area contributed by atoms with Gasteiger partial charge in [-0.1, -0.05) is 12.8 Å². The molecule has 1 fully saturated rings. The lowest BCUT2D eigenvalue weighted by Crippen LogP contribution is -2.06. The lowest BCUT2D eigenvalue weighted by Gasteiger charge is -2.08. The summed E-state index contributed by atoms with van der Waals surface area (Å²) in [6.45, 7) is 0.494. The second kappa shape index (κ2) is 4.62. The monoisotopic (exact) mass is 196 g/mol. The maximum absolute atomic E-state index is 8.80. The third-order valence-corrected chi connectivity index (χ3v) is 2.64. The van der Waals surface area contributed by atoms with Crippen LogP contribution < -0.4 is 0 Å². The molecule has 1 N–H and O–H groups in total. The van der Waals surface area contributed by atoms with Crippen LogP contribution in [0.5, 0.6) is 0 Å². The average Bonchev–Trinajstić information content (AvgIpc) is 2.86. The standard InChI is InChI=1S/C11H16O3/c12-7-10-5-6-11(14-10)8-13-9-3-1-2-4-9/h5-6,9,12H,1-4,7-8H2. The second-order valence-corrected chi connectivity index (χ2v) is 3.74. The largest absolute Gasteiger partial charge is 0.461 e. The van der Waals surface area contributed by atoms with E-state index in [1.165, 1.54) is 25.7 Å². The van der Waals surface area contributed by atoms with Crippen molar-refractivity contribution in [3.05, 3.63) is 23.7 Å². The molecule has 3 nitrogen and oxygen atoms in total. The number of ether oxygens (including phenoxy) is 1. The van der Waals surface area contributed by atoms with E-state index in [-0.39, 0.29) is 6.61 Å². The molecule has 1 aromatic rings. The van der Waals surface area contributed by atoms with Crippen LogP contribution in [0.3, 0.4) is 0 Å². The number of aliphatic hydroxyl groups is 1. The van der Waals surface area contributed by atoms with Gasteiger partial charge in [0.25, 0.3) is 0 Å². The highest BCUT2D eigenvalue weighted by molar-refractivity contribution is 5.05. The molecule has 0 amide bonds. The molecule has 0 aromatic carbocycles. The summed E-state index contributed by atoms with van der Waals surface area (Å²) < 4.78 is 11.0. The fourth-order valence-corrected chi connectivity index (χ4v) is 1.84. The summed E-state index contributed by atoms with van der Waals surface area (Å²) in [6.07, 6.45) is 5.33. The van der Waals surface area contributed by atoms with Crippen molar-refractivity contribution >= 4 is 0 Å². The van der Waals surface area contributed by atoms with Gasteiger partial charge in [-0.2, -0.15) is 0 Å². The Balaban J connectivity index is 1.79. The molecular weight excluding hydrogens is 180 g/mol. The van der Waals surface area contributed by atoms with E-state index >= 15 is 0 Å². The van der Waals surface area contributed by atoms with Crippen molar-refractivity contribution < 1.29 is 14.3 Å². The van der Waals surface area contributed by atoms with Crippen LogP contribution in [0.25, 0.3) is 0 Å². The summed E-state index contributed by atoms with van der Waals surface area (Å²) >= 11 is 0. The van der Waals surface area contributed by atoms with Crippen LogP contribution >= 0.6 is 0 Å². The molecule has 2 rings (SSSR count). The normalized spacial score (nSPS) is 17.8. The topological polar surface area (TPSA) is 42.6 Å². The molecule has 1 aliphatic carbocycles. The van der Waals surface area contributed by atoms with Crippen LogP contribution in [-0.2, 0) is 18.0 Å². The molecule has 0 aliphatic heterocycles. The second-order valence-electron chi connectivity index (χ2n) is 3.74. The maximum atomic E-state index is 8.80. The number of furan rings is 1. The van der Waals surface area contributed by atoms with Crippen molar-refractivity contribution in [3.63, 3.8) is 0 Å². The Kier molecular flexibility index (Phi) is 3.22. The highest BCUT2D eigenvalue weighted by Crippen LogP contribution is 2.22. The molecule has 3 heteroatoms. The first kappa shape index (κ1) is 9.74. The van der Waals surface area contributed by atoms with Gasteiger partial charge >= 0.3 is 0 Å². The van der Waals surface area contributed by atoms with Gasteiger partial charge in [-0.05, 0) is 25.0 Å². The molecule has 0 atom stereocenters. The Hall–Kier alpha value is -0.800. The first-order valence-electron chi connectivity index (χ1n) is 5.18. The molecule has 0 saturated heterocycles. The summed E-state index contributed by atoms with van der Waals surface area (Å²) in [6, 6.07) is 3.65. The Morgan fingerprint density at radius 3 is 2.64 bits per heavy atom. The van der Waals surface area contributed by atoms with Crippen LogP contribution in [0.1, 0.15) is 37.2 Å². The Bertz CT molecular complexity index is 274. The van der Waals surface area contributed by atoms with Crippen LogP contribution in [0.2, 0.25) is 0 Å². The molecule has 78 valence electrons. The minimum absolute atomic E-state index is 0.0383. The van der Waals surface area contributed by atoms with E-state index in [1.807, 2.05) is 6.07 Å². The van der Waals surface area contributed by atoms with Crippen molar-refractivity contribution in [2.75, 3.05) is 0 Å². The lowest BCUT2D eigenvalue weighted by molar-refractivity contribution is 0.0346. The summed E-state index contributed by atoms with van der Waals surface area (Å²) in [7, 11) is 0. The quantitative estimate of drug-likeness (QED) is 0.803. The first-order valence-corrected chi connectivity index (χ1v) is 5.18. The molecular formula is C11H16O3. The molecule has 1 aliphatic rings. The van der Waals surface area contributed by atoms with Crippen molar-refractivity contribution in [2.45, 2.75) is 45.0 Å². The van der Waals surface area contributed by atoms with E-state index in [0.717, 1.165) is 5.76 Å². The summed E-state index contributed by atoms with van der Waals surface area (Å²) in [5.41, 5.74) is 0. The van der Waals surface area contributed by atoms with Gasteiger partial charge in [-0.25, -0.2) is 0 Å². The molecule has 0 unspecified atom stereocenters. The zero-order valence-electron chi connectivity index (χ0n) is 8.24. The van der Waals surface area contributed by atoms with Crippen molar-refractivity contribution in [1.29, 1.82) is 0 Å². The van der Waals surface area contributed by atoms with E-state index in [2.05, 4.69) is 0 Å². The fraction of sp³-hybridized carbons (Fsp3) is 0.636. The number of hydrogen-bond acceptors (Lipinski definition) is 3. The van der Waals surface area contributed by atoms with E-state index < -0.39 is 0 Å². The molecule has 0 bridgehead atoms. The predicted molar refractivity (Wildman–Crippen MR) is 51.7 cm³/mol. The summed E-state index contributed by atoms with van der Waals surface area (Å²) in [5, 5.41) is 8.80. The van der Waals surface area contributed by atoms with Crippen molar-refractivity contribution in [1.82, 2.24) is 0 Å². The van der Waals surface area contributed by atoms with Gasteiger partial charge in [0.2, 0.25) is 0 Å². The molecule has 14 heavy (non-hydrogen) atoms. The average molecular weight is 196 g/mol. The summed E-state index contributed by atoms with van der Waals surface area (Å²) in [4.78, 5) is 0. The van der Waals surface area contributed by atoms with E-state index in [0.29, 0.717) is 18.5 Å². The Morgan fingerprint density at radius 2 is 2.00 bits per heavy atom. The highest BCUT2D eigenvalue weighted by Gasteiger charge is 2.15. The van der Waals surface area contributed by atoms with Crippen molar-refractivity contribution in [3.8, 4) is 0 Å². The minimum Gasteiger partial charge on any atom is -0.461 e. The highest BCUT2D eigenvalue weighted by atomic mass is 16.5. The van der Waals surface area contributed by atoms with Gasteiger partial charge in [0.05, 0.1) is 6.10 Å². The minimum atomic E-state index is -0.0383. The van der Waals surface area contributed by atoms with Gasteiger partial charge in [0.1, 0.15) is 24.7 Å². The molecule has 0 radical (unpaired) electrons. The van der Waals surface area contributed by atoms with Crippen LogP contribution in [-0.4, -0.2) is 11.2 Å². The lowest BCUT2D eigenvalue weighted by atomic mass is 10.3. The van der Waals surface area contributed by atoms with E-state index in [4.69, 9.17) is 14.3 Å². The van der Waals surface area contributed by atoms with Crippen LogP contribution in [0, 0.1) is 0 Å². The number of hydrogen-bond donors (Lipinski definition) is 1. The van der Waals surface area contributed by atoms with Gasteiger partial charge in [-0.3, -0.25) is 0 Å². The van der Waals surface area contributed by atoms with Gasteiger partial charge in [0, 0.05) is 0 Å². The summed E-state index contributed by atoms with van der Waals surface area (Å²) in [5.74, 6) is 1.41. The first-order chi connectivity index (χ1) is 6.88. The van der Waals surface area contributed by atoms with Gasteiger partial charge in [0.15, 0.2) is 0 Å². The fourth-order valence-electron chi connectivity index (χ4n) is 1.84. The number of rotatable bonds is 4. The van der Waals surface area contributed by atoms with E-state index in [9.17, 15) is 0 Å². The van der Waals surface area contributed by atoms with Crippen LogP contribution in [0.4, 0.5) is 0 Å². The maximum Gasteiger partial charge on any atom is 0.130 e. The zero-order chi connectivity index (χ0) is 9.80. The molecule has 1 aromatic heterocycles. The molecule has 0 spiro atoms. The number of aliphatic hydroxyl groups excluding tert-OH is 1. The van der Waals surface area contributed by atoms with Crippen LogP contribution in [0.15, 0.2) is 16.5 Å². The smallest absolute Gasteiger partial charge is 0.130 e. The predicted octanol–water partition coefficient (Wildman–Crippen LogP) is 2.23. The third-order valence-electron chi connectivity index (χ3n) is 2.64. The van der Waals surface area contributed by atoms with Gasteiger partial charge < -0.3 is 14.3 Å². The Labute approximate surface area is 83.7 Å². The zero-order valence-corrected chi connectivity index (χ0v) is 8.24. The van der Waals surface area contributed by atoms with Crippen molar-refractivity contribution in [2.24, 2.45) is 0 Å². The SMILES string of the molecule is OCc1ccc(COC2CCCC2)o1.